The molecule has 0 bridgehead atoms. The van der Waals surface area contributed by atoms with Gasteiger partial charge in [0.2, 0.25) is 0 Å². The van der Waals surface area contributed by atoms with E-state index in [1.165, 1.54) is 31.4 Å². The summed E-state index contributed by atoms with van der Waals surface area (Å²) in [6.45, 7) is 0. The fourth-order valence-electron chi connectivity index (χ4n) is 2.23. The fraction of sp³-hybridized carbons (Fsp3) is 0.176. The Labute approximate surface area is 155 Å². The topological polar surface area (TPSA) is 110 Å². The van der Waals surface area contributed by atoms with Gasteiger partial charge in [0.25, 0.3) is 5.91 Å². The largest absolute Gasteiger partial charge is 0.496 e. The van der Waals surface area contributed by atoms with E-state index >= 15 is 0 Å². The van der Waals surface area contributed by atoms with Gasteiger partial charge in [0, 0.05) is 17.9 Å². The van der Waals surface area contributed by atoms with Crippen LogP contribution in [0.2, 0.25) is 5.02 Å². The van der Waals surface area contributed by atoms with Crippen LogP contribution in [-0.4, -0.2) is 38.8 Å². The summed E-state index contributed by atoms with van der Waals surface area (Å²) in [5.74, 6) is -1.75. The summed E-state index contributed by atoms with van der Waals surface area (Å²) >= 11 is 6.03. The summed E-state index contributed by atoms with van der Waals surface area (Å²) in [6.07, 6.45) is 1.13. The van der Waals surface area contributed by atoms with Gasteiger partial charge in [-0.25, -0.2) is 13.2 Å². The van der Waals surface area contributed by atoms with Crippen LogP contribution in [0.25, 0.3) is 0 Å². The van der Waals surface area contributed by atoms with Crippen molar-refractivity contribution in [3.63, 3.8) is 0 Å². The van der Waals surface area contributed by atoms with E-state index in [-0.39, 0.29) is 27.8 Å². The molecule has 9 heteroatoms. The fourth-order valence-corrected chi connectivity index (χ4v) is 3.24. The highest BCUT2D eigenvalue weighted by Crippen LogP contribution is 2.31. The van der Waals surface area contributed by atoms with E-state index in [9.17, 15) is 18.0 Å². The van der Waals surface area contributed by atoms with Crippen LogP contribution < -0.4 is 10.1 Å². The summed E-state index contributed by atoms with van der Waals surface area (Å²) < 4.78 is 27.6. The molecule has 0 aromatic heterocycles. The lowest BCUT2D eigenvalue weighted by Gasteiger charge is -2.12. The molecule has 0 spiro atoms. The van der Waals surface area contributed by atoms with Crippen LogP contribution in [0.4, 0.5) is 5.69 Å². The van der Waals surface area contributed by atoms with Crippen LogP contribution >= 0.6 is 11.6 Å². The zero-order valence-corrected chi connectivity index (χ0v) is 15.5. The lowest BCUT2D eigenvalue weighted by molar-refractivity contribution is 0.0693. The molecule has 0 unspecified atom stereocenters. The lowest BCUT2D eigenvalue weighted by atomic mass is 10.1. The number of halogens is 1. The first-order valence-electron chi connectivity index (χ1n) is 7.29. The number of hydrogen-bond acceptors (Lipinski definition) is 5. The van der Waals surface area contributed by atoms with Gasteiger partial charge in [0.05, 0.1) is 23.6 Å². The Morgan fingerprint density at radius 2 is 1.81 bits per heavy atom. The number of hydrogen-bond donors (Lipinski definition) is 2. The first kappa shape index (κ1) is 19.7. The predicted molar refractivity (Wildman–Crippen MR) is 97.9 cm³/mol. The first-order chi connectivity index (χ1) is 12.1. The molecule has 0 heterocycles. The van der Waals surface area contributed by atoms with Crippen LogP contribution in [0.1, 0.15) is 26.3 Å². The Hall–Kier alpha value is -2.58. The molecule has 2 aromatic rings. The summed E-state index contributed by atoms with van der Waals surface area (Å²) in [7, 11) is -1.86. The van der Waals surface area contributed by atoms with Crippen molar-refractivity contribution in [1.29, 1.82) is 0 Å². The number of nitrogens with one attached hydrogen (secondary N) is 1. The third-order valence-electron chi connectivity index (χ3n) is 3.41. The smallest absolute Gasteiger partial charge is 0.339 e. The minimum Gasteiger partial charge on any atom is -0.496 e. The third-order valence-corrected chi connectivity index (χ3v) is 4.58. The monoisotopic (exact) mass is 397 g/mol. The number of carboxylic acid groups (broad SMARTS) is 1. The molecule has 2 N–H and O–H groups in total. The molecule has 2 aromatic carbocycles. The van der Waals surface area contributed by atoms with Crippen molar-refractivity contribution in [3.05, 3.63) is 58.1 Å². The Kier molecular flexibility index (Phi) is 5.89. The highest BCUT2D eigenvalue weighted by molar-refractivity contribution is 7.89. The zero-order chi connectivity index (χ0) is 19.5. The van der Waals surface area contributed by atoms with Gasteiger partial charge in [0.1, 0.15) is 11.3 Å². The predicted octanol–water partition coefficient (Wildman–Crippen LogP) is 2.84. The maximum Gasteiger partial charge on any atom is 0.339 e. The number of carboxylic acids is 1. The molecule has 7 nitrogen and oxygen atoms in total. The SMILES string of the molecule is COc1cc(NC(=O)c2ccc(CS(C)(=O)=O)cc2)c(Cl)cc1C(=O)O. The van der Waals surface area contributed by atoms with E-state index < -0.39 is 21.7 Å². The van der Waals surface area contributed by atoms with Gasteiger partial charge in [-0.3, -0.25) is 4.79 Å². The average molecular weight is 398 g/mol. The second kappa shape index (κ2) is 7.76. The molecular weight excluding hydrogens is 382 g/mol. The highest BCUT2D eigenvalue weighted by Gasteiger charge is 2.17. The van der Waals surface area contributed by atoms with Crippen LogP contribution in [-0.2, 0) is 15.6 Å². The molecule has 0 atom stereocenters. The van der Waals surface area contributed by atoms with E-state index in [1.54, 1.807) is 12.1 Å². The van der Waals surface area contributed by atoms with Gasteiger partial charge in [-0.1, -0.05) is 23.7 Å². The minimum atomic E-state index is -3.16. The minimum absolute atomic E-state index is 0.0465. The average Bonchev–Trinajstić information content (AvgIpc) is 2.55. The van der Waals surface area contributed by atoms with Crippen molar-refractivity contribution < 1.29 is 27.9 Å². The van der Waals surface area contributed by atoms with E-state index in [2.05, 4.69) is 5.32 Å². The van der Waals surface area contributed by atoms with Crippen LogP contribution in [0.15, 0.2) is 36.4 Å². The molecule has 0 saturated carbocycles. The van der Waals surface area contributed by atoms with Gasteiger partial charge in [-0.05, 0) is 23.8 Å². The first-order valence-corrected chi connectivity index (χ1v) is 9.73. The van der Waals surface area contributed by atoms with Crippen molar-refractivity contribution in [1.82, 2.24) is 0 Å². The van der Waals surface area contributed by atoms with Crippen LogP contribution in [0.5, 0.6) is 5.75 Å². The quantitative estimate of drug-likeness (QED) is 0.775. The van der Waals surface area contributed by atoms with Gasteiger partial charge in [-0.15, -0.1) is 0 Å². The van der Waals surface area contributed by atoms with Gasteiger partial charge in [-0.2, -0.15) is 0 Å². The molecule has 1 amide bonds. The van der Waals surface area contributed by atoms with Gasteiger partial charge < -0.3 is 15.2 Å². The molecule has 0 fully saturated rings. The summed E-state index contributed by atoms with van der Waals surface area (Å²) in [6, 6.07) is 8.59. The van der Waals surface area contributed by atoms with Crippen LogP contribution in [0.3, 0.4) is 0 Å². The van der Waals surface area contributed by atoms with E-state index in [1.807, 2.05) is 0 Å². The second-order valence-corrected chi connectivity index (χ2v) is 8.11. The maximum absolute atomic E-state index is 12.3. The molecular formula is C17H16ClNO6S. The van der Waals surface area contributed by atoms with Gasteiger partial charge >= 0.3 is 5.97 Å². The number of anilines is 1. The summed E-state index contributed by atoms with van der Waals surface area (Å²) in [5.41, 5.74) is 0.925. The number of carbonyl (C=O) groups is 2. The summed E-state index contributed by atoms with van der Waals surface area (Å²) in [5, 5.41) is 11.7. The van der Waals surface area contributed by atoms with Gasteiger partial charge in [0.15, 0.2) is 9.84 Å². The number of sulfone groups is 1. The Balaban J connectivity index is 2.23. The number of rotatable bonds is 6. The Bertz CT molecular complexity index is 954. The third kappa shape index (κ3) is 4.96. The standard InChI is InChI=1S/C17H16ClNO6S/c1-25-15-8-14(13(18)7-12(15)17(21)22)19-16(20)11-5-3-10(4-6-11)9-26(2,23)24/h3-8H,9H2,1-2H3,(H,19,20)(H,21,22). The number of amides is 1. The van der Waals surface area contributed by atoms with E-state index in [4.69, 9.17) is 21.4 Å². The normalized spacial score (nSPS) is 11.0. The number of carbonyl (C=O) groups excluding carboxylic acids is 1. The van der Waals surface area contributed by atoms with E-state index in [0.717, 1.165) is 6.26 Å². The van der Waals surface area contributed by atoms with Crippen LogP contribution in [0, 0.1) is 0 Å². The molecule has 0 aliphatic rings. The number of ether oxygens (including phenoxy) is 1. The van der Waals surface area contributed by atoms with Crippen molar-refractivity contribution in [2.75, 3.05) is 18.7 Å². The lowest BCUT2D eigenvalue weighted by Crippen LogP contribution is -2.13. The Morgan fingerprint density at radius 1 is 1.19 bits per heavy atom. The molecule has 26 heavy (non-hydrogen) atoms. The Morgan fingerprint density at radius 3 is 2.31 bits per heavy atom. The number of methoxy groups -OCH3 is 1. The van der Waals surface area contributed by atoms with E-state index in [0.29, 0.717) is 11.1 Å². The van der Waals surface area contributed by atoms with Crippen molar-refractivity contribution in [2.24, 2.45) is 0 Å². The summed E-state index contributed by atoms with van der Waals surface area (Å²) in [4.78, 5) is 23.5. The second-order valence-electron chi connectivity index (χ2n) is 5.56. The number of aromatic carboxylic acids is 1. The molecule has 0 radical (unpaired) electrons. The molecule has 138 valence electrons. The molecule has 0 aliphatic heterocycles. The molecule has 2 rings (SSSR count). The zero-order valence-electron chi connectivity index (χ0n) is 13.9. The van der Waals surface area contributed by atoms with Crippen molar-refractivity contribution >= 4 is 39.0 Å². The molecule has 0 saturated heterocycles. The van der Waals surface area contributed by atoms with Crippen molar-refractivity contribution in [3.8, 4) is 5.75 Å². The molecule has 0 aliphatic carbocycles. The number of benzene rings is 2. The highest BCUT2D eigenvalue weighted by atomic mass is 35.5. The maximum atomic E-state index is 12.3. The van der Waals surface area contributed by atoms with Crippen molar-refractivity contribution in [2.45, 2.75) is 5.75 Å².